The number of urea groups is 1. The van der Waals surface area contributed by atoms with Gasteiger partial charge in [0.1, 0.15) is 5.82 Å². The highest BCUT2D eigenvalue weighted by Crippen LogP contribution is 2.25. The van der Waals surface area contributed by atoms with Gasteiger partial charge in [0.05, 0.1) is 5.75 Å². The molecule has 2 saturated heterocycles. The molecular weight excluding hydrogens is 440 g/mol. The monoisotopic (exact) mass is 462 g/mol. The van der Waals surface area contributed by atoms with Crippen molar-refractivity contribution in [2.75, 3.05) is 18.8 Å². The van der Waals surface area contributed by atoms with E-state index in [1.165, 1.54) is 18.2 Å². The Morgan fingerprint density at radius 3 is 2.58 bits per heavy atom. The molecule has 11 heteroatoms. The Morgan fingerprint density at radius 2 is 1.87 bits per heavy atom. The number of thioether (sulfide) groups is 1. The minimum atomic E-state index is -0.513. The maximum Gasteiger partial charge on any atom is 0.321 e. The van der Waals surface area contributed by atoms with Gasteiger partial charge in [-0.3, -0.25) is 19.5 Å². The summed E-state index contributed by atoms with van der Waals surface area (Å²) in [6.07, 6.45) is 3.75. The third-order valence-electron chi connectivity index (χ3n) is 5.27. The molecule has 31 heavy (non-hydrogen) atoms. The second kappa shape index (κ2) is 9.69. The standard InChI is InChI=1S/C20H23ClN6O3S/c21-13-4-6-15(7-5-13)27-16(10-14-11-17(28)23-19(30)22-14)24-25-20(27)31-12-18(29)26-8-2-1-3-9-26/h4-7,14H,1-3,8-12H2,(H2,22,23,28,30). The molecule has 164 valence electrons. The van der Waals surface area contributed by atoms with E-state index in [9.17, 15) is 14.4 Å². The SMILES string of the molecule is O=C1CC(Cc2nnc(SCC(=O)N3CCCCC3)n2-c2ccc(Cl)cc2)NC(=O)N1. The topological polar surface area (TPSA) is 109 Å². The zero-order chi connectivity index (χ0) is 21.8. The lowest BCUT2D eigenvalue weighted by Crippen LogP contribution is -2.53. The summed E-state index contributed by atoms with van der Waals surface area (Å²) in [7, 11) is 0. The van der Waals surface area contributed by atoms with Crippen LogP contribution < -0.4 is 10.6 Å². The maximum atomic E-state index is 12.6. The number of carbonyl (C=O) groups excluding carboxylic acids is 3. The molecule has 2 aromatic rings. The molecule has 1 aromatic carbocycles. The van der Waals surface area contributed by atoms with Crippen LogP contribution in [0.1, 0.15) is 31.5 Å². The first-order valence-corrected chi connectivity index (χ1v) is 11.6. The zero-order valence-electron chi connectivity index (χ0n) is 16.8. The summed E-state index contributed by atoms with van der Waals surface area (Å²) < 4.78 is 1.85. The lowest BCUT2D eigenvalue weighted by atomic mass is 10.1. The van der Waals surface area contributed by atoms with Gasteiger partial charge in [-0.05, 0) is 43.5 Å². The van der Waals surface area contributed by atoms with E-state index in [1.54, 1.807) is 12.1 Å². The van der Waals surface area contributed by atoms with Gasteiger partial charge in [-0.15, -0.1) is 10.2 Å². The summed E-state index contributed by atoms with van der Waals surface area (Å²) in [6, 6.07) is 6.33. The van der Waals surface area contributed by atoms with E-state index in [0.29, 0.717) is 22.4 Å². The fourth-order valence-electron chi connectivity index (χ4n) is 3.75. The van der Waals surface area contributed by atoms with Crippen LogP contribution in [0.2, 0.25) is 5.02 Å². The summed E-state index contributed by atoms with van der Waals surface area (Å²) in [5.74, 6) is 0.630. The van der Waals surface area contributed by atoms with Crippen LogP contribution in [-0.2, 0) is 16.0 Å². The van der Waals surface area contributed by atoms with Gasteiger partial charge in [-0.1, -0.05) is 23.4 Å². The Bertz CT molecular complexity index is 958. The minimum absolute atomic E-state index is 0.0909. The highest BCUT2D eigenvalue weighted by atomic mass is 35.5. The van der Waals surface area contributed by atoms with Crippen molar-refractivity contribution in [2.24, 2.45) is 0 Å². The van der Waals surface area contributed by atoms with E-state index in [2.05, 4.69) is 20.8 Å². The number of nitrogens with one attached hydrogen (secondary N) is 2. The van der Waals surface area contributed by atoms with Gasteiger partial charge in [0.15, 0.2) is 5.16 Å². The third kappa shape index (κ3) is 5.37. The van der Waals surface area contributed by atoms with Gasteiger partial charge in [0, 0.05) is 42.7 Å². The molecule has 2 aliphatic rings. The number of hydrogen-bond donors (Lipinski definition) is 2. The number of nitrogens with zero attached hydrogens (tertiary/aromatic N) is 4. The molecule has 2 aliphatic heterocycles. The van der Waals surface area contributed by atoms with Crippen molar-refractivity contribution in [1.29, 1.82) is 0 Å². The number of amides is 4. The van der Waals surface area contributed by atoms with Crippen LogP contribution in [0.15, 0.2) is 29.4 Å². The molecule has 1 unspecified atom stereocenters. The Labute approximate surface area is 188 Å². The second-order valence-corrected chi connectivity index (χ2v) is 8.95. The number of piperidine rings is 1. The van der Waals surface area contributed by atoms with Crippen molar-refractivity contribution < 1.29 is 14.4 Å². The number of rotatable bonds is 6. The van der Waals surface area contributed by atoms with Crippen molar-refractivity contribution in [3.05, 3.63) is 35.1 Å². The Balaban J connectivity index is 1.54. The molecule has 1 atom stereocenters. The number of halogens is 1. The number of carbonyl (C=O) groups is 3. The second-order valence-electron chi connectivity index (χ2n) is 7.57. The number of benzene rings is 1. The number of imide groups is 1. The van der Waals surface area contributed by atoms with Crippen LogP contribution in [0.25, 0.3) is 5.69 Å². The van der Waals surface area contributed by atoms with Gasteiger partial charge >= 0.3 is 6.03 Å². The molecule has 0 bridgehead atoms. The average Bonchev–Trinajstić information content (AvgIpc) is 3.14. The van der Waals surface area contributed by atoms with Crippen molar-refractivity contribution in [2.45, 2.75) is 43.3 Å². The molecule has 0 aliphatic carbocycles. The summed E-state index contributed by atoms with van der Waals surface area (Å²) in [5.41, 5.74) is 0.795. The fourth-order valence-corrected chi connectivity index (χ4v) is 4.75. The molecule has 2 fully saturated rings. The van der Waals surface area contributed by atoms with Crippen LogP contribution in [-0.4, -0.2) is 62.4 Å². The van der Waals surface area contributed by atoms with E-state index >= 15 is 0 Å². The quantitative estimate of drug-likeness (QED) is 0.637. The average molecular weight is 463 g/mol. The van der Waals surface area contributed by atoms with Crippen molar-refractivity contribution in [1.82, 2.24) is 30.3 Å². The van der Waals surface area contributed by atoms with Crippen LogP contribution in [0.3, 0.4) is 0 Å². The van der Waals surface area contributed by atoms with Crippen molar-refractivity contribution >= 4 is 41.2 Å². The highest BCUT2D eigenvalue weighted by molar-refractivity contribution is 7.99. The Morgan fingerprint density at radius 1 is 1.13 bits per heavy atom. The molecule has 0 spiro atoms. The summed E-state index contributed by atoms with van der Waals surface area (Å²) in [5, 5.41) is 14.7. The van der Waals surface area contributed by atoms with Gasteiger partial charge < -0.3 is 10.2 Å². The molecular formula is C20H23ClN6O3S. The maximum absolute atomic E-state index is 12.6. The van der Waals surface area contributed by atoms with Crippen LogP contribution in [0.4, 0.5) is 4.79 Å². The van der Waals surface area contributed by atoms with Gasteiger partial charge in [-0.2, -0.15) is 0 Å². The molecule has 4 amide bonds. The largest absolute Gasteiger partial charge is 0.342 e. The van der Waals surface area contributed by atoms with Gasteiger partial charge in [0.25, 0.3) is 0 Å². The molecule has 0 radical (unpaired) electrons. The third-order valence-corrected chi connectivity index (χ3v) is 6.43. The highest BCUT2D eigenvalue weighted by Gasteiger charge is 2.27. The molecule has 2 N–H and O–H groups in total. The van der Waals surface area contributed by atoms with Crippen LogP contribution in [0.5, 0.6) is 0 Å². The number of aromatic nitrogens is 3. The summed E-state index contributed by atoms with van der Waals surface area (Å²) in [6.45, 7) is 1.61. The van der Waals surface area contributed by atoms with Crippen LogP contribution in [0, 0.1) is 0 Å². The predicted molar refractivity (Wildman–Crippen MR) is 116 cm³/mol. The summed E-state index contributed by atoms with van der Waals surface area (Å²) >= 11 is 7.37. The number of hydrogen-bond acceptors (Lipinski definition) is 6. The zero-order valence-corrected chi connectivity index (χ0v) is 18.4. The molecule has 0 saturated carbocycles. The molecule has 3 heterocycles. The number of likely N-dealkylation sites (tertiary alicyclic amines) is 1. The van der Waals surface area contributed by atoms with Crippen LogP contribution >= 0.6 is 23.4 Å². The van der Waals surface area contributed by atoms with E-state index in [1.807, 2.05) is 21.6 Å². The minimum Gasteiger partial charge on any atom is -0.342 e. The Kier molecular flexibility index (Phi) is 6.77. The van der Waals surface area contributed by atoms with Crippen molar-refractivity contribution in [3.63, 3.8) is 0 Å². The first-order valence-electron chi connectivity index (χ1n) is 10.2. The fraction of sp³-hybridized carbons (Fsp3) is 0.450. The molecule has 1 aromatic heterocycles. The Hall–Kier alpha value is -2.59. The van der Waals surface area contributed by atoms with Crippen molar-refractivity contribution in [3.8, 4) is 5.69 Å². The lowest BCUT2D eigenvalue weighted by molar-refractivity contribution is -0.129. The lowest BCUT2D eigenvalue weighted by Gasteiger charge is -2.26. The van der Waals surface area contributed by atoms with Gasteiger partial charge in [0.2, 0.25) is 11.8 Å². The normalized spacial score (nSPS) is 19.1. The first-order chi connectivity index (χ1) is 15.0. The van der Waals surface area contributed by atoms with E-state index < -0.39 is 6.03 Å². The van der Waals surface area contributed by atoms with E-state index in [4.69, 9.17) is 11.6 Å². The predicted octanol–water partition coefficient (Wildman–Crippen LogP) is 2.17. The van der Waals surface area contributed by atoms with E-state index in [-0.39, 0.29) is 30.0 Å². The molecule has 4 rings (SSSR count). The van der Waals surface area contributed by atoms with Gasteiger partial charge in [-0.25, -0.2) is 4.79 Å². The molecule has 9 nitrogen and oxygen atoms in total. The smallest absolute Gasteiger partial charge is 0.321 e. The first kappa shape index (κ1) is 21.6. The van der Waals surface area contributed by atoms with E-state index in [0.717, 1.165) is 31.6 Å². The summed E-state index contributed by atoms with van der Waals surface area (Å²) in [4.78, 5) is 37.9.